The van der Waals surface area contributed by atoms with Crippen LogP contribution in [0.3, 0.4) is 0 Å². The first-order valence-corrected chi connectivity index (χ1v) is 9.95. The Bertz CT molecular complexity index is 679. The lowest BCUT2D eigenvalue weighted by Crippen LogP contribution is -2.26. The summed E-state index contributed by atoms with van der Waals surface area (Å²) in [6, 6.07) is 8.91. The Labute approximate surface area is 147 Å². The van der Waals surface area contributed by atoms with Crippen molar-refractivity contribution >= 4 is 11.8 Å². The Balaban J connectivity index is 1.42. The molecule has 1 fully saturated rings. The fourth-order valence-corrected chi connectivity index (χ4v) is 3.96. The Morgan fingerprint density at radius 1 is 1.17 bits per heavy atom. The van der Waals surface area contributed by atoms with Crippen LogP contribution in [0.2, 0.25) is 0 Å². The van der Waals surface area contributed by atoms with E-state index in [0.717, 1.165) is 63.7 Å². The summed E-state index contributed by atoms with van der Waals surface area (Å²) in [6.45, 7) is 4.89. The summed E-state index contributed by atoms with van der Waals surface area (Å²) < 4.78 is 8.11. The number of rotatable bonds is 4. The fraction of sp³-hybridized carbons (Fsp3) is 0.556. The molecule has 2 aromatic rings. The number of nitrogens with zero attached hydrogens (tertiary/aromatic N) is 4. The standard InChI is InChI=1S/C18H24N4OS/c1-24-15-6-4-14(5-7-15)13-21-9-8-17-19-20-18(22(17)11-10-21)16-3-2-12-23-16/h4-7,16H,2-3,8-13H2,1H3. The van der Waals surface area contributed by atoms with Crippen LogP contribution in [-0.2, 0) is 24.2 Å². The number of hydrogen-bond acceptors (Lipinski definition) is 5. The molecule has 0 saturated carbocycles. The Morgan fingerprint density at radius 2 is 2.04 bits per heavy atom. The van der Waals surface area contributed by atoms with Crippen LogP contribution in [0.4, 0.5) is 0 Å². The molecule has 3 heterocycles. The van der Waals surface area contributed by atoms with Crippen molar-refractivity contribution in [3.8, 4) is 0 Å². The van der Waals surface area contributed by atoms with Gasteiger partial charge in [0, 0.05) is 44.1 Å². The lowest BCUT2D eigenvalue weighted by atomic mass is 10.2. The Kier molecular flexibility index (Phi) is 4.87. The zero-order valence-electron chi connectivity index (χ0n) is 14.1. The lowest BCUT2D eigenvalue weighted by molar-refractivity contribution is 0.101. The van der Waals surface area contributed by atoms with Crippen molar-refractivity contribution in [2.24, 2.45) is 0 Å². The van der Waals surface area contributed by atoms with E-state index in [-0.39, 0.29) is 6.10 Å². The summed E-state index contributed by atoms with van der Waals surface area (Å²) in [6.07, 6.45) is 5.43. The third-order valence-electron chi connectivity index (χ3n) is 4.93. The van der Waals surface area contributed by atoms with E-state index in [0.29, 0.717) is 0 Å². The molecule has 1 saturated heterocycles. The van der Waals surface area contributed by atoms with Crippen molar-refractivity contribution in [1.82, 2.24) is 19.7 Å². The van der Waals surface area contributed by atoms with Crippen LogP contribution < -0.4 is 0 Å². The van der Waals surface area contributed by atoms with E-state index in [1.54, 1.807) is 11.8 Å². The number of benzene rings is 1. The smallest absolute Gasteiger partial charge is 0.162 e. The summed E-state index contributed by atoms with van der Waals surface area (Å²) in [5, 5.41) is 8.85. The summed E-state index contributed by atoms with van der Waals surface area (Å²) in [5.41, 5.74) is 1.38. The quantitative estimate of drug-likeness (QED) is 0.798. The lowest BCUT2D eigenvalue weighted by Gasteiger charge is -2.20. The molecule has 0 bridgehead atoms. The third-order valence-corrected chi connectivity index (χ3v) is 5.67. The van der Waals surface area contributed by atoms with E-state index in [9.17, 15) is 0 Å². The largest absolute Gasteiger partial charge is 0.370 e. The van der Waals surface area contributed by atoms with Crippen LogP contribution in [0.15, 0.2) is 29.2 Å². The molecule has 0 radical (unpaired) electrons. The topological polar surface area (TPSA) is 43.2 Å². The van der Waals surface area contributed by atoms with Crippen molar-refractivity contribution in [2.75, 3.05) is 26.0 Å². The molecule has 0 amide bonds. The molecular weight excluding hydrogens is 320 g/mol. The van der Waals surface area contributed by atoms with E-state index in [1.165, 1.54) is 10.5 Å². The molecule has 24 heavy (non-hydrogen) atoms. The van der Waals surface area contributed by atoms with E-state index >= 15 is 0 Å². The van der Waals surface area contributed by atoms with E-state index in [2.05, 4.69) is 50.2 Å². The molecule has 0 spiro atoms. The first-order valence-electron chi connectivity index (χ1n) is 8.72. The maximum Gasteiger partial charge on any atom is 0.162 e. The minimum Gasteiger partial charge on any atom is -0.370 e. The van der Waals surface area contributed by atoms with Crippen molar-refractivity contribution < 1.29 is 4.74 Å². The van der Waals surface area contributed by atoms with Gasteiger partial charge in [-0.05, 0) is 36.8 Å². The van der Waals surface area contributed by atoms with Crippen LogP contribution in [0.1, 0.15) is 36.2 Å². The summed E-state index contributed by atoms with van der Waals surface area (Å²) in [7, 11) is 0. The van der Waals surface area contributed by atoms with E-state index < -0.39 is 0 Å². The van der Waals surface area contributed by atoms with Crippen molar-refractivity contribution in [2.45, 2.75) is 43.4 Å². The van der Waals surface area contributed by atoms with Crippen LogP contribution in [0.25, 0.3) is 0 Å². The van der Waals surface area contributed by atoms with Gasteiger partial charge in [-0.25, -0.2) is 0 Å². The maximum absolute atomic E-state index is 5.81. The van der Waals surface area contributed by atoms with Gasteiger partial charge in [-0.3, -0.25) is 4.90 Å². The van der Waals surface area contributed by atoms with Crippen molar-refractivity contribution in [3.05, 3.63) is 41.5 Å². The molecule has 4 rings (SSSR count). The predicted octanol–water partition coefficient (Wildman–Crippen LogP) is 2.91. The third kappa shape index (κ3) is 3.36. The zero-order chi connectivity index (χ0) is 16.4. The summed E-state index contributed by atoms with van der Waals surface area (Å²) in [4.78, 5) is 3.84. The normalized spacial score (nSPS) is 21.6. The fourth-order valence-electron chi connectivity index (χ4n) is 3.56. The first-order chi connectivity index (χ1) is 11.8. The second-order valence-corrected chi connectivity index (χ2v) is 7.38. The highest BCUT2D eigenvalue weighted by Crippen LogP contribution is 2.28. The van der Waals surface area contributed by atoms with Gasteiger partial charge in [0.15, 0.2) is 5.82 Å². The first kappa shape index (κ1) is 16.1. The average molecular weight is 344 g/mol. The Hall–Kier alpha value is -1.37. The number of hydrogen-bond donors (Lipinski definition) is 0. The molecule has 6 heteroatoms. The maximum atomic E-state index is 5.81. The van der Waals surface area contributed by atoms with Gasteiger partial charge in [-0.2, -0.15) is 0 Å². The molecule has 1 aromatic heterocycles. The number of aromatic nitrogens is 3. The molecule has 1 atom stereocenters. The highest BCUT2D eigenvalue weighted by molar-refractivity contribution is 7.98. The number of thioether (sulfide) groups is 1. The van der Waals surface area contributed by atoms with E-state index in [4.69, 9.17) is 4.74 Å². The van der Waals surface area contributed by atoms with Crippen molar-refractivity contribution in [1.29, 1.82) is 0 Å². The van der Waals surface area contributed by atoms with Gasteiger partial charge >= 0.3 is 0 Å². The second-order valence-electron chi connectivity index (χ2n) is 6.50. The molecule has 0 aliphatic carbocycles. The molecule has 5 nitrogen and oxygen atoms in total. The highest BCUT2D eigenvalue weighted by Gasteiger charge is 2.26. The van der Waals surface area contributed by atoms with Crippen LogP contribution in [-0.4, -0.2) is 45.6 Å². The molecule has 2 aliphatic rings. The van der Waals surface area contributed by atoms with Gasteiger partial charge < -0.3 is 9.30 Å². The molecular formula is C18H24N4OS. The van der Waals surface area contributed by atoms with Crippen LogP contribution >= 0.6 is 11.8 Å². The van der Waals surface area contributed by atoms with Gasteiger partial charge in [-0.1, -0.05) is 12.1 Å². The van der Waals surface area contributed by atoms with Gasteiger partial charge in [0.25, 0.3) is 0 Å². The van der Waals surface area contributed by atoms with Crippen LogP contribution in [0, 0.1) is 0 Å². The minimum atomic E-state index is 0.150. The van der Waals surface area contributed by atoms with Gasteiger partial charge in [0.05, 0.1) is 0 Å². The highest BCUT2D eigenvalue weighted by atomic mass is 32.2. The average Bonchev–Trinajstić information content (AvgIpc) is 3.23. The van der Waals surface area contributed by atoms with Crippen LogP contribution in [0.5, 0.6) is 0 Å². The van der Waals surface area contributed by atoms with E-state index in [1.807, 2.05) is 0 Å². The second kappa shape index (κ2) is 7.25. The molecule has 1 aromatic carbocycles. The van der Waals surface area contributed by atoms with Gasteiger partial charge in [-0.15, -0.1) is 22.0 Å². The number of ether oxygens (including phenoxy) is 1. The predicted molar refractivity (Wildman–Crippen MR) is 95.2 cm³/mol. The molecule has 2 aliphatic heterocycles. The molecule has 1 unspecified atom stereocenters. The molecule has 128 valence electrons. The van der Waals surface area contributed by atoms with Gasteiger partial charge in [0.2, 0.25) is 0 Å². The van der Waals surface area contributed by atoms with Crippen molar-refractivity contribution in [3.63, 3.8) is 0 Å². The summed E-state index contributed by atoms with van der Waals surface area (Å²) in [5.74, 6) is 2.15. The minimum absolute atomic E-state index is 0.150. The number of fused-ring (bicyclic) bond motifs is 1. The molecule has 0 N–H and O–H groups in total. The SMILES string of the molecule is CSc1ccc(CN2CCc3nnc(C4CCCO4)n3CC2)cc1. The Morgan fingerprint density at radius 3 is 2.79 bits per heavy atom. The monoisotopic (exact) mass is 344 g/mol. The zero-order valence-corrected chi connectivity index (χ0v) is 15.0. The van der Waals surface area contributed by atoms with Gasteiger partial charge in [0.1, 0.15) is 11.9 Å². The summed E-state index contributed by atoms with van der Waals surface area (Å²) >= 11 is 1.79.